The first-order valence-corrected chi connectivity index (χ1v) is 5.88. The number of carbonyl (C=O) groups excluding carboxylic acids is 1. The van der Waals surface area contributed by atoms with Crippen molar-refractivity contribution in [1.29, 1.82) is 0 Å². The number of amides is 1. The van der Waals surface area contributed by atoms with Crippen molar-refractivity contribution < 1.29 is 13.2 Å². The lowest BCUT2D eigenvalue weighted by Crippen LogP contribution is -2.37. The molecule has 0 saturated carbocycles. The van der Waals surface area contributed by atoms with E-state index >= 15 is 0 Å². The van der Waals surface area contributed by atoms with E-state index in [1.54, 1.807) is 6.92 Å². The Bertz CT molecular complexity index is 261. The maximum atomic E-state index is 11.4. The summed E-state index contributed by atoms with van der Waals surface area (Å²) in [5.41, 5.74) is 10.1. The second-order valence-corrected chi connectivity index (χ2v) is 5.11. The van der Waals surface area contributed by atoms with E-state index in [1.165, 1.54) is 0 Å². The van der Waals surface area contributed by atoms with Crippen LogP contribution in [-0.2, 0) is 14.6 Å². The number of nitrogens with two attached hydrogens (primary N) is 2. The third kappa shape index (κ3) is 3.73. The largest absolute Gasteiger partial charge is 0.369 e. The summed E-state index contributed by atoms with van der Waals surface area (Å²) in [6, 6.07) is 0. The van der Waals surface area contributed by atoms with Gasteiger partial charge in [-0.3, -0.25) is 4.79 Å². The van der Waals surface area contributed by atoms with Gasteiger partial charge in [0.05, 0.1) is 5.75 Å². The molecule has 0 aliphatic heterocycles. The number of rotatable bonds is 6. The first kappa shape index (κ1) is 12.4. The highest BCUT2D eigenvalue weighted by atomic mass is 32.2. The van der Waals surface area contributed by atoms with E-state index in [-0.39, 0.29) is 12.2 Å². The standard InChI is InChI=1S/C7H16N2O3S/c1-2-6(7(9)10)13(11,12)5-3-4-8/h6H,2-5,8H2,1H3,(H2,9,10). The Morgan fingerprint density at radius 3 is 2.31 bits per heavy atom. The van der Waals surface area contributed by atoms with Crippen molar-refractivity contribution in [2.45, 2.75) is 25.0 Å². The zero-order chi connectivity index (χ0) is 10.5. The van der Waals surface area contributed by atoms with Crippen LogP contribution in [0.4, 0.5) is 0 Å². The van der Waals surface area contributed by atoms with Crippen molar-refractivity contribution in [1.82, 2.24) is 0 Å². The molecule has 0 saturated heterocycles. The Labute approximate surface area is 78.4 Å². The highest BCUT2D eigenvalue weighted by Crippen LogP contribution is 2.07. The number of hydrogen-bond acceptors (Lipinski definition) is 4. The molecule has 0 aromatic carbocycles. The number of carbonyl (C=O) groups is 1. The number of hydrogen-bond donors (Lipinski definition) is 2. The smallest absolute Gasteiger partial charge is 0.235 e. The molecular formula is C7H16N2O3S. The fourth-order valence-electron chi connectivity index (χ4n) is 1.06. The maximum Gasteiger partial charge on any atom is 0.235 e. The normalized spacial score (nSPS) is 14.0. The summed E-state index contributed by atoms with van der Waals surface area (Å²) in [5.74, 6) is -0.843. The van der Waals surface area contributed by atoms with Gasteiger partial charge in [-0.15, -0.1) is 0 Å². The molecular weight excluding hydrogens is 192 g/mol. The third-order valence-electron chi connectivity index (χ3n) is 1.75. The summed E-state index contributed by atoms with van der Waals surface area (Å²) in [6.07, 6.45) is 0.592. The monoisotopic (exact) mass is 208 g/mol. The van der Waals surface area contributed by atoms with Crippen molar-refractivity contribution in [3.05, 3.63) is 0 Å². The average Bonchev–Trinajstić information content (AvgIpc) is 2.01. The van der Waals surface area contributed by atoms with Crippen LogP contribution in [0, 0.1) is 0 Å². The SMILES string of the molecule is CCC(C(N)=O)S(=O)(=O)CCCN. The molecule has 0 aliphatic rings. The minimum Gasteiger partial charge on any atom is -0.369 e. The molecule has 1 atom stereocenters. The summed E-state index contributed by atoms with van der Waals surface area (Å²) >= 11 is 0. The summed E-state index contributed by atoms with van der Waals surface area (Å²) in [4.78, 5) is 10.8. The molecule has 0 spiro atoms. The van der Waals surface area contributed by atoms with E-state index in [4.69, 9.17) is 11.5 Å². The fraction of sp³-hybridized carbons (Fsp3) is 0.857. The lowest BCUT2D eigenvalue weighted by Gasteiger charge is -2.11. The fourth-order valence-corrected chi connectivity index (χ4v) is 2.77. The van der Waals surface area contributed by atoms with E-state index in [9.17, 15) is 13.2 Å². The van der Waals surface area contributed by atoms with Gasteiger partial charge in [-0.05, 0) is 19.4 Å². The van der Waals surface area contributed by atoms with Crippen molar-refractivity contribution >= 4 is 15.7 Å². The Hall–Kier alpha value is -0.620. The zero-order valence-electron chi connectivity index (χ0n) is 7.69. The van der Waals surface area contributed by atoms with Crippen LogP contribution in [-0.4, -0.2) is 31.9 Å². The average molecular weight is 208 g/mol. The molecule has 78 valence electrons. The van der Waals surface area contributed by atoms with Crippen LogP contribution < -0.4 is 11.5 Å². The molecule has 0 heterocycles. The van der Waals surface area contributed by atoms with Gasteiger partial charge in [0.15, 0.2) is 9.84 Å². The molecule has 13 heavy (non-hydrogen) atoms. The van der Waals surface area contributed by atoms with E-state index in [0.717, 1.165) is 0 Å². The lowest BCUT2D eigenvalue weighted by molar-refractivity contribution is -0.117. The molecule has 0 bridgehead atoms. The first-order chi connectivity index (χ1) is 5.95. The summed E-state index contributed by atoms with van der Waals surface area (Å²) in [7, 11) is -3.39. The van der Waals surface area contributed by atoms with Gasteiger partial charge < -0.3 is 11.5 Å². The number of sulfone groups is 1. The molecule has 0 fully saturated rings. The minimum atomic E-state index is -3.39. The third-order valence-corrected chi connectivity index (χ3v) is 4.04. The Balaban J connectivity index is 4.49. The van der Waals surface area contributed by atoms with Crippen LogP contribution in [0.1, 0.15) is 19.8 Å². The molecule has 0 aromatic heterocycles. The molecule has 1 unspecified atom stereocenters. The first-order valence-electron chi connectivity index (χ1n) is 4.16. The molecule has 0 aromatic rings. The molecule has 6 heteroatoms. The minimum absolute atomic E-state index is 0.0645. The highest BCUT2D eigenvalue weighted by Gasteiger charge is 2.27. The van der Waals surface area contributed by atoms with Crippen LogP contribution in [0.5, 0.6) is 0 Å². The van der Waals surface area contributed by atoms with Gasteiger partial charge in [0, 0.05) is 0 Å². The maximum absolute atomic E-state index is 11.4. The molecule has 0 rings (SSSR count). The molecule has 4 N–H and O–H groups in total. The predicted molar refractivity (Wildman–Crippen MR) is 50.7 cm³/mol. The van der Waals surface area contributed by atoms with Crippen molar-refractivity contribution in [2.75, 3.05) is 12.3 Å². The van der Waals surface area contributed by atoms with Crippen LogP contribution in [0.25, 0.3) is 0 Å². The quantitative estimate of drug-likeness (QED) is 0.585. The van der Waals surface area contributed by atoms with Gasteiger partial charge in [0.2, 0.25) is 5.91 Å². The summed E-state index contributed by atoms with van der Waals surface area (Å²) in [5, 5.41) is -1.06. The Morgan fingerprint density at radius 1 is 1.46 bits per heavy atom. The van der Waals surface area contributed by atoms with Gasteiger partial charge in [-0.1, -0.05) is 6.92 Å². The van der Waals surface area contributed by atoms with Crippen molar-refractivity contribution in [2.24, 2.45) is 11.5 Å². The van der Waals surface area contributed by atoms with E-state index in [2.05, 4.69) is 0 Å². The van der Waals surface area contributed by atoms with E-state index in [0.29, 0.717) is 13.0 Å². The Morgan fingerprint density at radius 2 is 2.00 bits per heavy atom. The van der Waals surface area contributed by atoms with Crippen LogP contribution in [0.2, 0.25) is 0 Å². The van der Waals surface area contributed by atoms with E-state index in [1.807, 2.05) is 0 Å². The second-order valence-electron chi connectivity index (χ2n) is 2.81. The van der Waals surface area contributed by atoms with Gasteiger partial charge in [0.1, 0.15) is 5.25 Å². The second kappa shape index (κ2) is 5.18. The molecule has 0 radical (unpaired) electrons. The zero-order valence-corrected chi connectivity index (χ0v) is 8.51. The van der Waals surface area contributed by atoms with Crippen molar-refractivity contribution in [3.8, 4) is 0 Å². The topological polar surface area (TPSA) is 103 Å². The van der Waals surface area contributed by atoms with Gasteiger partial charge >= 0.3 is 0 Å². The van der Waals surface area contributed by atoms with Crippen LogP contribution >= 0.6 is 0 Å². The van der Waals surface area contributed by atoms with E-state index < -0.39 is 21.0 Å². The predicted octanol–water partition coefficient (Wildman–Crippen LogP) is -0.986. The molecule has 1 amide bonds. The van der Waals surface area contributed by atoms with Gasteiger partial charge in [0.25, 0.3) is 0 Å². The van der Waals surface area contributed by atoms with Crippen LogP contribution in [0.3, 0.4) is 0 Å². The van der Waals surface area contributed by atoms with Gasteiger partial charge in [-0.25, -0.2) is 8.42 Å². The molecule has 5 nitrogen and oxygen atoms in total. The molecule has 0 aliphatic carbocycles. The van der Waals surface area contributed by atoms with Crippen molar-refractivity contribution in [3.63, 3.8) is 0 Å². The number of primary amides is 1. The summed E-state index contributed by atoms with van der Waals surface area (Å²) in [6.45, 7) is 1.92. The van der Waals surface area contributed by atoms with Crippen LogP contribution in [0.15, 0.2) is 0 Å². The lowest BCUT2D eigenvalue weighted by atomic mass is 10.3. The highest BCUT2D eigenvalue weighted by molar-refractivity contribution is 7.92. The summed E-state index contributed by atoms with van der Waals surface area (Å²) < 4.78 is 22.8. The Kier molecular flexibility index (Phi) is 4.94. The van der Waals surface area contributed by atoms with Gasteiger partial charge in [-0.2, -0.15) is 0 Å².